The van der Waals surface area contributed by atoms with Gasteiger partial charge in [-0.1, -0.05) is 12.1 Å². The van der Waals surface area contributed by atoms with Gasteiger partial charge in [0, 0.05) is 12.6 Å². The summed E-state index contributed by atoms with van der Waals surface area (Å²) >= 11 is 0. The monoisotopic (exact) mass is 269 g/mol. The second kappa shape index (κ2) is 5.55. The number of nitrogens with zero attached hydrogens (tertiary/aromatic N) is 1. The molecule has 3 heteroatoms. The second-order valence-corrected chi connectivity index (χ2v) is 5.37. The average molecular weight is 269 g/mol. The second-order valence-electron chi connectivity index (χ2n) is 5.37. The smallest absolute Gasteiger partial charge is 0.165 e. The first kappa shape index (κ1) is 13.0. The number of hydrogen-bond donors (Lipinski definition) is 0. The molecule has 0 fully saturated rings. The molecule has 1 heterocycles. The number of fused-ring (bicyclic) bond motifs is 1. The van der Waals surface area contributed by atoms with Gasteiger partial charge in [-0.25, -0.2) is 0 Å². The van der Waals surface area contributed by atoms with Gasteiger partial charge in [-0.2, -0.15) is 0 Å². The predicted octanol–water partition coefficient (Wildman–Crippen LogP) is 3.96. The quantitative estimate of drug-likeness (QED) is 0.840. The molecule has 0 saturated carbocycles. The van der Waals surface area contributed by atoms with Gasteiger partial charge >= 0.3 is 0 Å². The summed E-state index contributed by atoms with van der Waals surface area (Å²) in [6, 6.07) is 8.15. The summed E-state index contributed by atoms with van der Waals surface area (Å²) in [5.74, 6) is 1.60. The molecule has 104 valence electrons. The zero-order valence-corrected chi connectivity index (χ0v) is 11.9. The van der Waals surface area contributed by atoms with Crippen LogP contribution in [0.4, 0.5) is 0 Å². The number of hydrogen-bond acceptors (Lipinski definition) is 3. The van der Waals surface area contributed by atoms with Crippen molar-refractivity contribution < 1.29 is 9.15 Å². The molecule has 0 atom stereocenters. The Morgan fingerprint density at radius 1 is 1.20 bits per heavy atom. The molecule has 0 unspecified atom stereocenters. The van der Waals surface area contributed by atoms with Crippen LogP contribution < -0.4 is 4.74 Å². The van der Waals surface area contributed by atoms with Gasteiger partial charge in [0.2, 0.25) is 0 Å². The van der Waals surface area contributed by atoms with E-state index in [0.29, 0.717) is 0 Å². The summed E-state index contributed by atoms with van der Waals surface area (Å²) < 4.78 is 10.8. The number of aryl methyl sites for hydroxylation is 1. The minimum absolute atomic E-state index is 0.738. The van der Waals surface area contributed by atoms with Crippen LogP contribution in [0.15, 0.2) is 47.3 Å². The van der Waals surface area contributed by atoms with Crippen molar-refractivity contribution in [3.63, 3.8) is 0 Å². The molecule has 1 aliphatic rings. The highest BCUT2D eigenvalue weighted by atomic mass is 16.5. The van der Waals surface area contributed by atoms with Gasteiger partial charge in [-0.3, -0.25) is 0 Å². The Morgan fingerprint density at radius 3 is 2.85 bits per heavy atom. The van der Waals surface area contributed by atoms with Gasteiger partial charge in [-0.15, -0.1) is 0 Å². The first-order valence-corrected chi connectivity index (χ1v) is 6.89. The van der Waals surface area contributed by atoms with E-state index in [1.165, 1.54) is 16.7 Å². The zero-order valence-electron chi connectivity index (χ0n) is 11.9. The molecule has 1 aliphatic carbocycles. The van der Waals surface area contributed by atoms with E-state index in [1.807, 2.05) is 12.1 Å². The molecule has 0 saturated heterocycles. The molecule has 0 bridgehead atoms. The van der Waals surface area contributed by atoms with Crippen LogP contribution in [0.1, 0.15) is 17.5 Å². The molecule has 0 radical (unpaired) electrons. The summed E-state index contributed by atoms with van der Waals surface area (Å²) in [5, 5.41) is 0. The SMILES string of the molecule is CN(C)C/C=C1\CCc2ccc(Oc3ccoc3)cc21. The van der Waals surface area contributed by atoms with Gasteiger partial charge in [0.25, 0.3) is 0 Å². The number of benzene rings is 1. The number of allylic oxidation sites excluding steroid dienone is 1. The number of rotatable bonds is 4. The largest absolute Gasteiger partial charge is 0.469 e. The van der Waals surface area contributed by atoms with Crippen LogP contribution in [-0.2, 0) is 6.42 Å². The molecule has 1 aromatic carbocycles. The Balaban J connectivity index is 1.84. The van der Waals surface area contributed by atoms with Crippen molar-refractivity contribution in [3.05, 3.63) is 54.0 Å². The minimum atomic E-state index is 0.738. The van der Waals surface area contributed by atoms with Crippen molar-refractivity contribution in [2.75, 3.05) is 20.6 Å². The fraction of sp³-hybridized carbons (Fsp3) is 0.294. The molecule has 3 rings (SSSR count). The molecular weight excluding hydrogens is 250 g/mol. The van der Waals surface area contributed by atoms with Crippen molar-refractivity contribution in [2.45, 2.75) is 12.8 Å². The van der Waals surface area contributed by atoms with Crippen molar-refractivity contribution in [1.82, 2.24) is 4.90 Å². The van der Waals surface area contributed by atoms with Crippen molar-refractivity contribution in [2.24, 2.45) is 0 Å². The van der Waals surface area contributed by atoms with E-state index in [1.54, 1.807) is 12.5 Å². The van der Waals surface area contributed by atoms with E-state index >= 15 is 0 Å². The number of furan rings is 1. The third-order valence-electron chi connectivity index (χ3n) is 3.52. The highest BCUT2D eigenvalue weighted by molar-refractivity contribution is 5.73. The third-order valence-corrected chi connectivity index (χ3v) is 3.52. The number of likely N-dealkylation sites (N-methyl/N-ethyl adjacent to an activating group) is 1. The maximum Gasteiger partial charge on any atom is 0.165 e. The van der Waals surface area contributed by atoms with Gasteiger partial charge in [0.1, 0.15) is 12.0 Å². The van der Waals surface area contributed by atoms with Crippen LogP contribution in [0.2, 0.25) is 0 Å². The molecule has 1 aromatic heterocycles. The Bertz CT molecular complexity index is 612. The lowest BCUT2D eigenvalue weighted by Gasteiger charge is -2.08. The van der Waals surface area contributed by atoms with Crippen LogP contribution in [0.3, 0.4) is 0 Å². The zero-order chi connectivity index (χ0) is 13.9. The lowest BCUT2D eigenvalue weighted by Crippen LogP contribution is -2.10. The topological polar surface area (TPSA) is 25.6 Å². The Hall–Kier alpha value is -2.00. The van der Waals surface area contributed by atoms with Gasteiger partial charge in [-0.05, 0) is 55.8 Å². The molecular formula is C17H19NO2. The first-order valence-electron chi connectivity index (χ1n) is 6.89. The van der Waals surface area contributed by atoms with Gasteiger partial charge in [0.15, 0.2) is 5.75 Å². The third kappa shape index (κ3) is 2.78. The fourth-order valence-electron chi connectivity index (χ4n) is 2.49. The Kier molecular flexibility index (Phi) is 3.61. The van der Waals surface area contributed by atoms with Crippen LogP contribution >= 0.6 is 0 Å². The van der Waals surface area contributed by atoms with Gasteiger partial charge < -0.3 is 14.1 Å². The summed E-state index contributed by atoms with van der Waals surface area (Å²) in [6.45, 7) is 0.974. The van der Waals surface area contributed by atoms with Crippen molar-refractivity contribution >= 4 is 5.57 Å². The van der Waals surface area contributed by atoms with Crippen LogP contribution in [0.25, 0.3) is 5.57 Å². The number of ether oxygens (including phenoxy) is 1. The van der Waals surface area contributed by atoms with E-state index in [-0.39, 0.29) is 0 Å². The van der Waals surface area contributed by atoms with E-state index in [9.17, 15) is 0 Å². The van der Waals surface area contributed by atoms with E-state index in [2.05, 4.69) is 37.2 Å². The van der Waals surface area contributed by atoms with Crippen LogP contribution in [-0.4, -0.2) is 25.5 Å². The van der Waals surface area contributed by atoms with Crippen molar-refractivity contribution in [3.8, 4) is 11.5 Å². The van der Waals surface area contributed by atoms with E-state index in [0.717, 1.165) is 30.9 Å². The van der Waals surface area contributed by atoms with E-state index < -0.39 is 0 Å². The maximum atomic E-state index is 5.79. The molecule has 20 heavy (non-hydrogen) atoms. The summed E-state index contributed by atoms with van der Waals surface area (Å²) in [4.78, 5) is 2.18. The molecule has 0 amide bonds. The Labute approximate surface area is 119 Å². The van der Waals surface area contributed by atoms with Crippen molar-refractivity contribution in [1.29, 1.82) is 0 Å². The van der Waals surface area contributed by atoms with Crippen LogP contribution in [0, 0.1) is 0 Å². The lowest BCUT2D eigenvalue weighted by molar-refractivity contribution is 0.456. The summed E-state index contributed by atoms with van der Waals surface area (Å²) in [7, 11) is 4.18. The normalized spacial score (nSPS) is 15.8. The maximum absolute atomic E-state index is 5.79. The summed E-state index contributed by atoms with van der Waals surface area (Å²) in [6.07, 6.45) is 7.79. The standard InChI is InChI=1S/C17H19NO2/c1-18(2)9-7-14-4-3-13-5-6-15(11-17(13)14)20-16-8-10-19-12-16/h5-8,10-12H,3-4,9H2,1-2H3/b14-7+. The molecule has 0 N–H and O–H groups in total. The summed E-state index contributed by atoms with van der Waals surface area (Å²) in [5.41, 5.74) is 4.16. The van der Waals surface area contributed by atoms with E-state index in [4.69, 9.17) is 9.15 Å². The Morgan fingerprint density at radius 2 is 2.10 bits per heavy atom. The lowest BCUT2D eigenvalue weighted by atomic mass is 10.1. The predicted molar refractivity (Wildman–Crippen MR) is 80.1 cm³/mol. The van der Waals surface area contributed by atoms with Gasteiger partial charge in [0.05, 0.1) is 6.26 Å². The molecule has 0 spiro atoms. The van der Waals surface area contributed by atoms with Crippen LogP contribution in [0.5, 0.6) is 11.5 Å². The minimum Gasteiger partial charge on any atom is -0.469 e. The first-order chi connectivity index (χ1) is 9.72. The molecule has 3 nitrogen and oxygen atoms in total. The highest BCUT2D eigenvalue weighted by Crippen LogP contribution is 2.35. The fourth-order valence-corrected chi connectivity index (χ4v) is 2.49. The highest BCUT2D eigenvalue weighted by Gasteiger charge is 2.17. The molecule has 2 aromatic rings. The molecule has 0 aliphatic heterocycles. The average Bonchev–Trinajstić information content (AvgIpc) is 3.05.